The van der Waals surface area contributed by atoms with Crippen molar-refractivity contribution in [2.24, 2.45) is 17.8 Å². The Labute approximate surface area is 285 Å². The number of amides is 1. The van der Waals surface area contributed by atoms with Crippen LogP contribution in [-0.4, -0.2) is 57.2 Å². The van der Waals surface area contributed by atoms with E-state index in [9.17, 15) is 9.00 Å². The number of hydrogen-bond donors (Lipinski definition) is 2. The quantitative estimate of drug-likeness (QED) is 0.288. The number of carbonyl (C=O) groups excluding carboxylic acids is 1. The standard InChI is InChI=1S/C36H41ClN4O3S.CH4O/c1-23-6-3-8-30(34-38-16-5-17-39-34)29-12-9-27(29)20-41-21-36(15-4-7-25-18-28(37)11-13-31(25)36)22-44-33-14-10-26(19-32(33)41)35(42)40-45(43)24(23)2;1-2/h3,5,8,10-11,13-14,16-19,23-24,27,29-30H,4,6-7,9,12,15,20-22H2,1-2H3,(H,40,42);2H,1H3/b8-3+;/t23?,24?,27?,29?,30?,36-,45?;/m0./s1. The van der Waals surface area contributed by atoms with Gasteiger partial charge in [0.2, 0.25) is 0 Å². The van der Waals surface area contributed by atoms with Crippen LogP contribution in [0.15, 0.2) is 67.0 Å². The molecule has 3 aromatic rings. The average Bonchev–Trinajstić information content (AvgIpc) is 3.23. The summed E-state index contributed by atoms with van der Waals surface area (Å²) < 4.78 is 22.7. The third-order valence-electron chi connectivity index (χ3n) is 10.8. The molecular formula is C37H45ClN4O4S. The van der Waals surface area contributed by atoms with Crippen LogP contribution in [0, 0.1) is 17.8 Å². The summed E-state index contributed by atoms with van der Waals surface area (Å²) in [4.78, 5) is 25.3. The number of aromatic nitrogens is 2. The number of aliphatic hydroxyl groups is 1. The fourth-order valence-electron chi connectivity index (χ4n) is 7.82. The number of anilines is 1. The molecule has 8 nitrogen and oxygen atoms in total. The van der Waals surface area contributed by atoms with Crippen LogP contribution in [0.3, 0.4) is 0 Å². The molecule has 4 aliphatic rings. The van der Waals surface area contributed by atoms with Crippen molar-refractivity contribution in [1.82, 2.24) is 14.7 Å². The van der Waals surface area contributed by atoms with Gasteiger partial charge in [0.15, 0.2) is 0 Å². The molecule has 7 rings (SSSR count). The summed E-state index contributed by atoms with van der Waals surface area (Å²) in [5.74, 6) is 2.36. The molecule has 2 aliphatic carbocycles. The minimum atomic E-state index is -1.53. The number of benzene rings is 2. The van der Waals surface area contributed by atoms with E-state index in [1.165, 1.54) is 11.1 Å². The molecule has 47 heavy (non-hydrogen) atoms. The van der Waals surface area contributed by atoms with Gasteiger partial charge in [-0.15, -0.1) is 0 Å². The summed E-state index contributed by atoms with van der Waals surface area (Å²) in [5, 5.41) is 7.56. The molecule has 0 radical (unpaired) electrons. The lowest BCUT2D eigenvalue weighted by atomic mass is 9.65. The van der Waals surface area contributed by atoms with Gasteiger partial charge in [0, 0.05) is 54.5 Å². The number of aliphatic hydroxyl groups excluding tert-OH is 1. The Balaban J connectivity index is 0.00000190. The van der Waals surface area contributed by atoms with Crippen LogP contribution >= 0.6 is 11.6 Å². The highest BCUT2D eigenvalue weighted by Crippen LogP contribution is 2.48. The molecule has 1 saturated carbocycles. The minimum Gasteiger partial charge on any atom is -0.490 e. The van der Waals surface area contributed by atoms with Crippen LogP contribution in [-0.2, 0) is 22.8 Å². The zero-order chi connectivity index (χ0) is 33.1. The Bertz CT molecular complexity index is 1640. The molecular weight excluding hydrogens is 632 g/mol. The van der Waals surface area contributed by atoms with Crippen LogP contribution in [0.2, 0.25) is 5.02 Å². The molecule has 1 fully saturated rings. The number of fused-ring (bicyclic) bond motifs is 4. The summed E-state index contributed by atoms with van der Waals surface area (Å²) in [6, 6.07) is 13.8. The molecule has 6 unspecified atom stereocenters. The van der Waals surface area contributed by atoms with Gasteiger partial charge in [-0.25, -0.2) is 14.2 Å². The van der Waals surface area contributed by atoms with Crippen molar-refractivity contribution in [3.05, 3.63) is 94.5 Å². The lowest BCUT2D eigenvalue weighted by molar-refractivity contribution is 0.0982. The maximum absolute atomic E-state index is 13.5. The summed E-state index contributed by atoms with van der Waals surface area (Å²) in [5.41, 5.74) is 3.84. The van der Waals surface area contributed by atoms with Gasteiger partial charge in [0.25, 0.3) is 5.91 Å². The number of nitrogens with one attached hydrogen (secondary N) is 1. The molecule has 250 valence electrons. The topological polar surface area (TPSA) is 105 Å². The van der Waals surface area contributed by atoms with Gasteiger partial charge in [-0.05, 0) is 111 Å². The Morgan fingerprint density at radius 1 is 1.11 bits per heavy atom. The second kappa shape index (κ2) is 14.5. The third kappa shape index (κ3) is 6.85. The molecule has 1 amide bonds. The maximum Gasteiger partial charge on any atom is 0.263 e. The minimum absolute atomic E-state index is 0.103. The van der Waals surface area contributed by atoms with Crippen LogP contribution in [0.1, 0.15) is 79.2 Å². The number of aryl methyl sites for hydroxylation is 1. The van der Waals surface area contributed by atoms with E-state index in [0.717, 1.165) is 81.0 Å². The van der Waals surface area contributed by atoms with E-state index in [-0.39, 0.29) is 28.4 Å². The number of carbonyl (C=O) groups is 1. The Kier molecular flexibility index (Phi) is 10.3. The van der Waals surface area contributed by atoms with Crippen molar-refractivity contribution >= 4 is 34.2 Å². The van der Waals surface area contributed by atoms with Crippen molar-refractivity contribution in [2.75, 3.05) is 31.7 Å². The first kappa shape index (κ1) is 33.6. The molecule has 1 spiro atoms. The van der Waals surface area contributed by atoms with E-state index in [1.54, 1.807) is 6.07 Å². The van der Waals surface area contributed by atoms with Gasteiger partial charge in [0.05, 0.1) is 17.5 Å². The van der Waals surface area contributed by atoms with E-state index < -0.39 is 11.0 Å². The number of allylic oxidation sites excluding steroid dienone is 2. The number of halogens is 1. The summed E-state index contributed by atoms with van der Waals surface area (Å²) in [6.07, 6.45) is 14.3. The second-order valence-electron chi connectivity index (χ2n) is 13.5. The molecule has 3 heterocycles. The summed E-state index contributed by atoms with van der Waals surface area (Å²) in [7, 11) is -0.528. The zero-order valence-corrected chi connectivity index (χ0v) is 29.0. The van der Waals surface area contributed by atoms with Crippen LogP contribution < -0.4 is 14.4 Å². The highest BCUT2D eigenvalue weighted by atomic mass is 35.5. The van der Waals surface area contributed by atoms with Crippen molar-refractivity contribution in [2.45, 2.75) is 69.0 Å². The normalized spacial score (nSPS) is 31.0. The zero-order valence-electron chi connectivity index (χ0n) is 27.4. The lowest BCUT2D eigenvalue weighted by Crippen LogP contribution is -2.49. The van der Waals surface area contributed by atoms with Gasteiger partial charge in [-0.1, -0.05) is 36.7 Å². The van der Waals surface area contributed by atoms with Gasteiger partial charge >= 0.3 is 0 Å². The van der Waals surface area contributed by atoms with Crippen molar-refractivity contribution in [1.29, 1.82) is 0 Å². The first-order valence-electron chi connectivity index (χ1n) is 16.7. The second-order valence-corrected chi connectivity index (χ2v) is 15.5. The van der Waals surface area contributed by atoms with E-state index in [2.05, 4.69) is 40.8 Å². The largest absolute Gasteiger partial charge is 0.490 e. The van der Waals surface area contributed by atoms with E-state index in [0.29, 0.717) is 24.0 Å². The van der Waals surface area contributed by atoms with Crippen LogP contribution in [0.5, 0.6) is 5.75 Å². The summed E-state index contributed by atoms with van der Waals surface area (Å²) in [6.45, 7) is 6.22. The van der Waals surface area contributed by atoms with E-state index in [1.807, 2.05) is 43.6 Å². The van der Waals surface area contributed by atoms with Gasteiger partial charge in [-0.3, -0.25) is 9.52 Å². The molecule has 0 saturated heterocycles. The van der Waals surface area contributed by atoms with Crippen molar-refractivity contribution in [3.63, 3.8) is 0 Å². The number of nitrogens with zero attached hydrogens (tertiary/aromatic N) is 3. The molecule has 1 aromatic heterocycles. The molecule has 2 bridgehead atoms. The van der Waals surface area contributed by atoms with Gasteiger partial charge in [-0.2, -0.15) is 0 Å². The highest BCUT2D eigenvalue weighted by molar-refractivity contribution is 7.84. The van der Waals surface area contributed by atoms with Crippen LogP contribution in [0.4, 0.5) is 5.69 Å². The number of rotatable bonds is 1. The maximum atomic E-state index is 13.5. The van der Waals surface area contributed by atoms with E-state index in [4.69, 9.17) is 31.4 Å². The monoisotopic (exact) mass is 676 g/mol. The Morgan fingerprint density at radius 2 is 1.91 bits per heavy atom. The Hall–Kier alpha value is -3.27. The van der Waals surface area contributed by atoms with Crippen molar-refractivity contribution < 1.29 is 18.8 Å². The van der Waals surface area contributed by atoms with Crippen molar-refractivity contribution in [3.8, 4) is 5.75 Å². The average molecular weight is 677 g/mol. The lowest BCUT2D eigenvalue weighted by Gasteiger charge is -2.46. The van der Waals surface area contributed by atoms with Gasteiger partial charge < -0.3 is 14.7 Å². The molecule has 2 N–H and O–H groups in total. The first-order valence-corrected chi connectivity index (χ1v) is 18.3. The SMILES string of the molecule is CC1C/C=C/C(c2ncccn2)C2CCC2CN2C[C@@]3(CCCc4cc(Cl)ccc43)COc3ccc(cc32)C(=O)NS(=O)C1C.CO. The fraction of sp³-hybridized carbons (Fsp3) is 0.486. The predicted molar refractivity (Wildman–Crippen MR) is 187 cm³/mol. The highest BCUT2D eigenvalue weighted by Gasteiger charge is 2.45. The Morgan fingerprint density at radius 3 is 2.68 bits per heavy atom. The van der Waals surface area contributed by atoms with Crippen LogP contribution in [0.25, 0.3) is 0 Å². The molecule has 2 aromatic carbocycles. The number of hydrogen-bond acceptors (Lipinski definition) is 7. The molecule has 2 aliphatic heterocycles. The van der Waals surface area contributed by atoms with E-state index >= 15 is 0 Å². The van der Waals surface area contributed by atoms with Gasteiger partial charge in [0.1, 0.15) is 22.6 Å². The smallest absolute Gasteiger partial charge is 0.263 e. The molecule has 7 atom stereocenters. The summed E-state index contributed by atoms with van der Waals surface area (Å²) >= 11 is 6.45. The third-order valence-corrected chi connectivity index (χ3v) is 12.5. The number of ether oxygens (including phenoxy) is 1. The first-order chi connectivity index (χ1) is 22.8. The fourth-order valence-corrected chi connectivity index (χ4v) is 9.04. The predicted octanol–water partition coefficient (Wildman–Crippen LogP) is 6.40. The molecule has 10 heteroatoms.